The van der Waals surface area contributed by atoms with Crippen LogP contribution in [-0.2, 0) is 16.0 Å². The molecule has 146 valence electrons. The number of amides is 1. The van der Waals surface area contributed by atoms with E-state index in [4.69, 9.17) is 4.74 Å². The van der Waals surface area contributed by atoms with Crippen molar-refractivity contribution in [1.82, 2.24) is 15.0 Å². The normalized spacial score (nSPS) is 10.5. The molecule has 0 unspecified atom stereocenters. The monoisotopic (exact) mass is 417 g/mol. The van der Waals surface area contributed by atoms with Crippen LogP contribution in [0.5, 0.6) is 0 Å². The summed E-state index contributed by atoms with van der Waals surface area (Å²) in [4.78, 5) is 37.3. The summed E-state index contributed by atoms with van der Waals surface area (Å²) in [5, 5.41) is 10.4. The van der Waals surface area contributed by atoms with E-state index in [1.54, 1.807) is 23.8 Å². The lowest BCUT2D eigenvalue weighted by molar-refractivity contribution is -0.115. The van der Waals surface area contributed by atoms with Gasteiger partial charge in [0, 0.05) is 16.8 Å². The largest absolute Gasteiger partial charge is 0.462 e. The van der Waals surface area contributed by atoms with Crippen LogP contribution in [0.3, 0.4) is 0 Å². The molecule has 8 nitrogen and oxygen atoms in total. The van der Waals surface area contributed by atoms with Crippen LogP contribution < -0.4 is 10.6 Å². The first-order valence-electron chi connectivity index (χ1n) is 8.52. The molecule has 3 heterocycles. The van der Waals surface area contributed by atoms with Crippen molar-refractivity contribution in [3.63, 3.8) is 0 Å². The lowest BCUT2D eigenvalue weighted by Crippen LogP contribution is -2.16. The number of hydrogen-bond donors (Lipinski definition) is 2. The molecule has 0 aliphatic rings. The van der Waals surface area contributed by atoms with Crippen molar-refractivity contribution in [2.24, 2.45) is 0 Å². The van der Waals surface area contributed by atoms with Gasteiger partial charge in [-0.1, -0.05) is 0 Å². The number of anilines is 3. The van der Waals surface area contributed by atoms with E-state index in [0.29, 0.717) is 27.3 Å². The zero-order valence-corrected chi connectivity index (χ0v) is 17.2. The Morgan fingerprint density at radius 1 is 1.14 bits per heavy atom. The van der Waals surface area contributed by atoms with Gasteiger partial charge in [0.25, 0.3) is 0 Å². The minimum atomic E-state index is -0.451. The molecule has 1 amide bonds. The molecule has 3 aromatic rings. The molecule has 0 atom stereocenters. The van der Waals surface area contributed by atoms with Crippen molar-refractivity contribution in [1.29, 1.82) is 0 Å². The van der Waals surface area contributed by atoms with Crippen LogP contribution in [0, 0.1) is 13.8 Å². The second-order valence-electron chi connectivity index (χ2n) is 5.85. The summed E-state index contributed by atoms with van der Waals surface area (Å²) in [5.74, 6) is -0.236. The van der Waals surface area contributed by atoms with E-state index in [0.717, 1.165) is 11.4 Å². The molecule has 0 fully saturated rings. The molecule has 0 saturated heterocycles. The fourth-order valence-corrected chi connectivity index (χ4v) is 3.93. The average Bonchev–Trinajstić information content (AvgIpc) is 3.23. The van der Waals surface area contributed by atoms with Gasteiger partial charge in [-0.05, 0) is 38.3 Å². The Kier molecular flexibility index (Phi) is 6.32. The molecule has 3 rings (SSSR count). The molecule has 0 aromatic carbocycles. The van der Waals surface area contributed by atoms with Crippen LogP contribution in [0.2, 0.25) is 0 Å². The van der Waals surface area contributed by atoms with Gasteiger partial charge in [0.1, 0.15) is 5.00 Å². The minimum Gasteiger partial charge on any atom is -0.462 e. The summed E-state index contributed by atoms with van der Waals surface area (Å²) in [6.45, 7) is 5.81. The van der Waals surface area contributed by atoms with E-state index in [1.165, 1.54) is 22.7 Å². The van der Waals surface area contributed by atoms with Gasteiger partial charge in [-0.15, -0.1) is 22.7 Å². The molecule has 0 aliphatic heterocycles. The molecule has 3 aromatic heterocycles. The summed E-state index contributed by atoms with van der Waals surface area (Å²) in [6, 6.07) is 3.52. The minimum absolute atomic E-state index is 0.0893. The summed E-state index contributed by atoms with van der Waals surface area (Å²) in [5.41, 5.74) is 2.69. The number of carbonyl (C=O) groups excluding carboxylic acids is 2. The maximum Gasteiger partial charge on any atom is 0.341 e. The fraction of sp³-hybridized carbons (Fsp3) is 0.278. The highest BCUT2D eigenvalue weighted by Gasteiger charge is 2.17. The van der Waals surface area contributed by atoms with Crippen molar-refractivity contribution >= 4 is 50.6 Å². The molecule has 0 radical (unpaired) electrons. The van der Waals surface area contributed by atoms with Gasteiger partial charge in [-0.3, -0.25) is 4.79 Å². The van der Waals surface area contributed by atoms with Gasteiger partial charge >= 0.3 is 5.97 Å². The van der Waals surface area contributed by atoms with E-state index in [1.807, 2.05) is 19.9 Å². The number of ether oxygens (including phenoxy) is 1. The Morgan fingerprint density at radius 3 is 2.61 bits per heavy atom. The van der Waals surface area contributed by atoms with Crippen molar-refractivity contribution in [2.75, 3.05) is 17.2 Å². The van der Waals surface area contributed by atoms with Crippen LogP contribution in [0.15, 0.2) is 22.9 Å². The van der Waals surface area contributed by atoms with Gasteiger partial charge < -0.3 is 15.4 Å². The molecule has 0 saturated carbocycles. The molecule has 0 spiro atoms. The molecule has 2 N–H and O–H groups in total. The second-order valence-corrected chi connectivity index (χ2v) is 7.63. The van der Waals surface area contributed by atoms with Crippen molar-refractivity contribution in [3.05, 3.63) is 45.5 Å². The predicted octanol–water partition coefficient (Wildman–Crippen LogP) is 3.71. The van der Waals surface area contributed by atoms with Crippen molar-refractivity contribution < 1.29 is 14.3 Å². The zero-order valence-electron chi connectivity index (χ0n) is 15.6. The van der Waals surface area contributed by atoms with E-state index in [9.17, 15) is 9.59 Å². The Morgan fingerprint density at radius 2 is 1.89 bits per heavy atom. The first-order chi connectivity index (χ1) is 13.4. The maximum absolute atomic E-state index is 12.3. The SMILES string of the molecule is CCOC(=O)c1ccsc1NC(=O)Cc1csc(Nc2nc(C)cc(C)n2)n1. The molecular formula is C18H19N5O3S2. The number of nitrogens with zero attached hydrogens (tertiary/aromatic N) is 3. The number of nitrogens with one attached hydrogen (secondary N) is 2. The van der Waals surface area contributed by atoms with E-state index in [2.05, 4.69) is 25.6 Å². The second kappa shape index (κ2) is 8.89. The van der Waals surface area contributed by atoms with Gasteiger partial charge in [0.05, 0.1) is 24.3 Å². The number of esters is 1. The highest BCUT2D eigenvalue weighted by atomic mass is 32.1. The standard InChI is InChI=1S/C18H19N5O3S2/c1-4-26-16(25)13-5-6-27-15(13)22-14(24)8-12-9-28-18(21-12)23-17-19-10(2)7-11(3)20-17/h5-7,9H,4,8H2,1-3H3,(H,22,24)(H,19,20,21,23). The Hall–Kier alpha value is -2.85. The van der Waals surface area contributed by atoms with Crippen LogP contribution >= 0.6 is 22.7 Å². The number of aromatic nitrogens is 3. The summed E-state index contributed by atoms with van der Waals surface area (Å²) in [7, 11) is 0. The number of aryl methyl sites for hydroxylation is 2. The van der Waals surface area contributed by atoms with Crippen molar-refractivity contribution in [3.8, 4) is 0 Å². The highest BCUT2D eigenvalue weighted by Crippen LogP contribution is 2.25. The number of carbonyl (C=O) groups is 2. The van der Waals surface area contributed by atoms with Crippen LogP contribution in [-0.4, -0.2) is 33.4 Å². The van der Waals surface area contributed by atoms with Crippen molar-refractivity contribution in [2.45, 2.75) is 27.2 Å². The highest BCUT2D eigenvalue weighted by molar-refractivity contribution is 7.14. The van der Waals surface area contributed by atoms with Crippen LogP contribution in [0.25, 0.3) is 0 Å². The van der Waals surface area contributed by atoms with Gasteiger partial charge in [0.2, 0.25) is 11.9 Å². The Labute approximate surface area is 170 Å². The number of rotatable bonds is 7. The predicted molar refractivity (Wildman–Crippen MR) is 110 cm³/mol. The molecular weight excluding hydrogens is 398 g/mol. The Balaban J connectivity index is 1.61. The first-order valence-corrected chi connectivity index (χ1v) is 10.3. The quantitative estimate of drug-likeness (QED) is 0.564. The maximum atomic E-state index is 12.3. The number of thiazole rings is 1. The Bertz CT molecular complexity index is 979. The third-order valence-electron chi connectivity index (χ3n) is 3.51. The van der Waals surface area contributed by atoms with Gasteiger partial charge in [0.15, 0.2) is 5.13 Å². The smallest absolute Gasteiger partial charge is 0.341 e. The van der Waals surface area contributed by atoms with Crippen LogP contribution in [0.4, 0.5) is 16.1 Å². The van der Waals surface area contributed by atoms with Gasteiger partial charge in [-0.25, -0.2) is 19.7 Å². The summed E-state index contributed by atoms with van der Waals surface area (Å²) in [6.07, 6.45) is 0.0893. The number of thiophene rings is 1. The summed E-state index contributed by atoms with van der Waals surface area (Å²) < 4.78 is 4.99. The lowest BCUT2D eigenvalue weighted by Gasteiger charge is -2.05. The fourth-order valence-electron chi connectivity index (χ4n) is 2.43. The first kappa shape index (κ1) is 19.9. The zero-order chi connectivity index (χ0) is 20.1. The topological polar surface area (TPSA) is 106 Å². The third-order valence-corrected chi connectivity index (χ3v) is 5.14. The molecule has 0 bridgehead atoms. The average molecular weight is 418 g/mol. The van der Waals surface area contributed by atoms with Gasteiger partial charge in [-0.2, -0.15) is 0 Å². The van der Waals surface area contributed by atoms with Crippen LogP contribution in [0.1, 0.15) is 34.4 Å². The molecule has 0 aliphatic carbocycles. The third kappa shape index (κ3) is 5.11. The van der Waals surface area contributed by atoms with E-state index in [-0.39, 0.29) is 18.9 Å². The van der Waals surface area contributed by atoms with E-state index >= 15 is 0 Å². The van der Waals surface area contributed by atoms with E-state index < -0.39 is 5.97 Å². The summed E-state index contributed by atoms with van der Waals surface area (Å²) >= 11 is 2.64. The lowest BCUT2D eigenvalue weighted by atomic mass is 10.3. The molecule has 28 heavy (non-hydrogen) atoms. The number of hydrogen-bond acceptors (Lipinski definition) is 9. The molecule has 10 heteroatoms.